The average molecular weight is 319 g/mol. The Labute approximate surface area is 139 Å². The predicted octanol–water partition coefficient (Wildman–Crippen LogP) is 2.77. The van der Waals surface area contributed by atoms with E-state index in [4.69, 9.17) is 4.74 Å². The predicted molar refractivity (Wildman–Crippen MR) is 89.0 cm³/mol. The Kier molecular flexibility index (Phi) is 5.36. The molecule has 0 aromatic carbocycles. The zero-order valence-corrected chi connectivity index (χ0v) is 14.5. The van der Waals surface area contributed by atoms with E-state index in [0.29, 0.717) is 6.42 Å². The highest BCUT2D eigenvalue weighted by Gasteiger charge is 2.35. The number of nitrogens with zero attached hydrogens (tertiary/aromatic N) is 3. The van der Waals surface area contributed by atoms with Crippen LogP contribution in [0.25, 0.3) is 0 Å². The Hall–Kier alpha value is -1.36. The fourth-order valence-electron chi connectivity index (χ4n) is 4.11. The van der Waals surface area contributed by atoms with Crippen molar-refractivity contribution in [1.29, 1.82) is 0 Å². The van der Waals surface area contributed by atoms with Crippen LogP contribution in [0, 0.1) is 5.92 Å². The molecule has 1 aliphatic heterocycles. The third kappa shape index (κ3) is 3.60. The van der Waals surface area contributed by atoms with Gasteiger partial charge >= 0.3 is 5.97 Å². The van der Waals surface area contributed by atoms with Gasteiger partial charge < -0.3 is 9.30 Å². The number of carbonyl (C=O) groups excluding carboxylic acids is 1. The topological polar surface area (TPSA) is 47.4 Å². The van der Waals surface area contributed by atoms with E-state index < -0.39 is 0 Å². The molecule has 5 nitrogen and oxygen atoms in total. The van der Waals surface area contributed by atoms with Gasteiger partial charge in [-0.05, 0) is 25.2 Å². The van der Waals surface area contributed by atoms with Gasteiger partial charge in [-0.15, -0.1) is 0 Å². The van der Waals surface area contributed by atoms with Gasteiger partial charge in [0.25, 0.3) is 0 Å². The SMILES string of the molecule is CCCn1cnc2c1CN(CC1CCCCC1)[C@H](C(=O)OC)C2. The molecule has 1 fully saturated rings. The molecule has 128 valence electrons. The van der Waals surface area contributed by atoms with E-state index in [0.717, 1.165) is 37.7 Å². The van der Waals surface area contributed by atoms with Crippen LogP contribution in [0.2, 0.25) is 0 Å². The number of aromatic nitrogens is 2. The number of carbonyl (C=O) groups is 1. The molecule has 2 heterocycles. The van der Waals surface area contributed by atoms with Crippen molar-refractivity contribution in [2.75, 3.05) is 13.7 Å². The van der Waals surface area contributed by atoms with Crippen molar-refractivity contribution >= 4 is 5.97 Å². The summed E-state index contributed by atoms with van der Waals surface area (Å²) in [4.78, 5) is 19.2. The second-order valence-corrected chi connectivity index (χ2v) is 7.01. The first kappa shape index (κ1) is 16.5. The molecular weight excluding hydrogens is 290 g/mol. The fraction of sp³-hybridized carbons (Fsp3) is 0.778. The van der Waals surface area contributed by atoms with Crippen molar-refractivity contribution in [1.82, 2.24) is 14.5 Å². The van der Waals surface area contributed by atoms with Crippen LogP contribution in [-0.2, 0) is 29.0 Å². The molecule has 5 heteroatoms. The van der Waals surface area contributed by atoms with Crippen molar-refractivity contribution in [3.05, 3.63) is 17.7 Å². The second kappa shape index (κ2) is 7.47. The van der Waals surface area contributed by atoms with Crippen molar-refractivity contribution < 1.29 is 9.53 Å². The lowest BCUT2D eigenvalue weighted by atomic mass is 9.88. The Bertz CT molecular complexity index is 534. The largest absolute Gasteiger partial charge is 0.468 e. The molecular formula is C18H29N3O2. The van der Waals surface area contributed by atoms with Gasteiger partial charge in [0.15, 0.2) is 0 Å². The first-order valence-corrected chi connectivity index (χ1v) is 9.07. The molecule has 2 aliphatic rings. The quantitative estimate of drug-likeness (QED) is 0.783. The first-order valence-electron chi connectivity index (χ1n) is 9.07. The van der Waals surface area contributed by atoms with Gasteiger partial charge in [-0.3, -0.25) is 9.69 Å². The molecule has 0 amide bonds. The minimum Gasteiger partial charge on any atom is -0.468 e. The summed E-state index contributed by atoms with van der Waals surface area (Å²) in [6.07, 6.45) is 10.4. The lowest BCUT2D eigenvalue weighted by Gasteiger charge is -2.37. The van der Waals surface area contributed by atoms with Crippen LogP contribution in [0.15, 0.2) is 6.33 Å². The lowest BCUT2D eigenvalue weighted by molar-refractivity contribution is -0.148. The number of hydrogen-bond donors (Lipinski definition) is 0. The summed E-state index contributed by atoms with van der Waals surface area (Å²) >= 11 is 0. The van der Waals surface area contributed by atoms with Crippen LogP contribution < -0.4 is 0 Å². The molecule has 0 N–H and O–H groups in total. The molecule has 0 saturated heterocycles. The van der Waals surface area contributed by atoms with Crippen LogP contribution in [0.3, 0.4) is 0 Å². The Morgan fingerprint density at radius 3 is 2.83 bits per heavy atom. The van der Waals surface area contributed by atoms with E-state index in [-0.39, 0.29) is 12.0 Å². The molecule has 0 spiro atoms. The average Bonchev–Trinajstić information content (AvgIpc) is 2.97. The zero-order chi connectivity index (χ0) is 16.2. The van der Waals surface area contributed by atoms with Gasteiger partial charge in [-0.25, -0.2) is 4.98 Å². The maximum atomic E-state index is 12.3. The summed E-state index contributed by atoms with van der Waals surface area (Å²) < 4.78 is 7.32. The molecule has 1 saturated carbocycles. The highest BCUT2D eigenvalue weighted by Crippen LogP contribution is 2.29. The smallest absolute Gasteiger partial charge is 0.323 e. The van der Waals surface area contributed by atoms with Gasteiger partial charge in [0.05, 0.1) is 24.8 Å². The van der Waals surface area contributed by atoms with E-state index in [1.165, 1.54) is 44.9 Å². The van der Waals surface area contributed by atoms with Gasteiger partial charge in [0, 0.05) is 26.1 Å². The number of imidazole rings is 1. The van der Waals surface area contributed by atoms with E-state index in [1.807, 2.05) is 6.33 Å². The van der Waals surface area contributed by atoms with Gasteiger partial charge in [-0.2, -0.15) is 0 Å². The number of fused-ring (bicyclic) bond motifs is 1. The van der Waals surface area contributed by atoms with Crippen molar-refractivity contribution in [3.8, 4) is 0 Å². The van der Waals surface area contributed by atoms with Crippen LogP contribution in [0.5, 0.6) is 0 Å². The normalized spacial score (nSPS) is 22.8. The molecule has 1 aromatic rings. The third-order valence-electron chi connectivity index (χ3n) is 5.37. The molecule has 1 atom stereocenters. The molecule has 0 radical (unpaired) electrons. The number of methoxy groups -OCH3 is 1. The number of ether oxygens (including phenoxy) is 1. The van der Waals surface area contributed by atoms with Crippen molar-refractivity contribution in [2.24, 2.45) is 5.92 Å². The van der Waals surface area contributed by atoms with Gasteiger partial charge in [0.2, 0.25) is 0 Å². The first-order chi connectivity index (χ1) is 11.2. The molecule has 23 heavy (non-hydrogen) atoms. The monoisotopic (exact) mass is 319 g/mol. The summed E-state index contributed by atoms with van der Waals surface area (Å²) in [5, 5.41) is 0. The fourth-order valence-corrected chi connectivity index (χ4v) is 4.11. The zero-order valence-electron chi connectivity index (χ0n) is 14.5. The van der Waals surface area contributed by atoms with Gasteiger partial charge in [0.1, 0.15) is 6.04 Å². The van der Waals surface area contributed by atoms with E-state index in [1.54, 1.807) is 0 Å². The highest BCUT2D eigenvalue weighted by atomic mass is 16.5. The van der Waals surface area contributed by atoms with E-state index in [9.17, 15) is 4.79 Å². The maximum absolute atomic E-state index is 12.3. The van der Waals surface area contributed by atoms with Crippen molar-refractivity contribution in [3.63, 3.8) is 0 Å². The number of hydrogen-bond acceptors (Lipinski definition) is 4. The molecule has 1 aromatic heterocycles. The Balaban J connectivity index is 1.78. The van der Waals surface area contributed by atoms with Crippen LogP contribution in [0.4, 0.5) is 0 Å². The third-order valence-corrected chi connectivity index (χ3v) is 5.37. The minimum atomic E-state index is -0.167. The molecule has 0 unspecified atom stereocenters. The number of esters is 1. The number of rotatable bonds is 5. The van der Waals surface area contributed by atoms with Gasteiger partial charge in [-0.1, -0.05) is 26.2 Å². The standard InChI is InChI=1S/C18H29N3O2/c1-3-9-20-13-19-15-10-16(18(22)23-2)21(12-17(15)20)11-14-7-5-4-6-8-14/h13-14,16H,3-12H2,1-2H3/t16-/m0/s1. The Morgan fingerprint density at radius 1 is 1.35 bits per heavy atom. The summed E-state index contributed by atoms with van der Waals surface area (Å²) in [6.45, 7) is 5.02. The molecule has 1 aliphatic carbocycles. The van der Waals surface area contributed by atoms with Crippen LogP contribution >= 0.6 is 0 Å². The van der Waals surface area contributed by atoms with E-state index in [2.05, 4.69) is 21.4 Å². The lowest BCUT2D eigenvalue weighted by Crippen LogP contribution is -2.48. The summed E-state index contributed by atoms with van der Waals surface area (Å²) in [5.41, 5.74) is 2.37. The summed E-state index contributed by atoms with van der Waals surface area (Å²) in [7, 11) is 1.49. The minimum absolute atomic E-state index is 0.114. The highest BCUT2D eigenvalue weighted by molar-refractivity contribution is 5.76. The van der Waals surface area contributed by atoms with Crippen molar-refractivity contribution in [2.45, 2.75) is 71.0 Å². The second-order valence-electron chi connectivity index (χ2n) is 7.01. The summed E-state index contributed by atoms with van der Waals surface area (Å²) in [5.74, 6) is 0.608. The van der Waals surface area contributed by atoms with Crippen LogP contribution in [0.1, 0.15) is 56.8 Å². The number of aryl methyl sites for hydroxylation is 1. The molecule has 3 rings (SSSR count). The van der Waals surface area contributed by atoms with E-state index >= 15 is 0 Å². The molecule has 0 bridgehead atoms. The van der Waals surface area contributed by atoms with Crippen LogP contribution in [-0.4, -0.2) is 40.1 Å². The maximum Gasteiger partial charge on any atom is 0.323 e. The summed E-state index contributed by atoms with van der Waals surface area (Å²) in [6, 6.07) is -0.167. The Morgan fingerprint density at radius 2 is 2.13 bits per heavy atom.